The summed E-state index contributed by atoms with van der Waals surface area (Å²) in [5.74, 6) is -0.525. The van der Waals surface area contributed by atoms with Gasteiger partial charge >= 0.3 is 5.97 Å². The summed E-state index contributed by atoms with van der Waals surface area (Å²) >= 11 is 5.71. The molecule has 4 nitrogen and oxygen atoms in total. The van der Waals surface area contributed by atoms with Crippen molar-refractivity contribution in [2.24, 2.45) is 5.92 Å². The molecule has 17 heavy (non-hydrogen) atoms. The average Bonchev–Trinajstić information content (AvgIpc) is 2.62. The smallest absolute Gasteiger partial charge is 0.326 e. The Morgan fingerprint density at radius 2 is 2.06 bits per heavy atom. The maximum absolute atomic E-state index is 11.8. The Hall–Kier alpha value is -0.360. The van der Waals surface area contributed by atoms with Gasteiger partial charge in [0.15, 0.2) is 0 Å². The molecule has 2 aliphatic rings. The molecule has 0 unspecified atom stereocenters. The lowest BCUT2D eigenvalue weighted by Gasteiger charge is -2.35. The van der Waals surface area contributed by atoms with Crippen LogP contribution in [-0.2, 0) is 9.59 Å². The normalized spacial score (nSPS) is 28.4. The highest BCUT2D eigenvalue weighted by Crippen LogP contribution is 2.36. The zero-order valence-electron chi connectivity index (χ0n) is 9.54. The summed E-state index contributed by atoms with van der Waals surface area (Å²) in [4.78, 5) is 24.7. The van der Waals surface area contributed by atoms with Gasteiger partial charge in [0.25, 0.3) is 0 Å². The molecule has 6 heteroatoms. The fourth-order valence-corrected chi connectivity index (χ4v) is 4.06. The van der Waals surface area contributed by atoms with E-state index < -0.39 is 12.0 Å². The second-order valence-electron chi connectivity index (χ2n) is 4.62. The second kappa shape index (κ2) is 5.52. The minimum atomic E-state index is -0.883. The lowest BCUT2D eigenvalue weighted by molar-refractivity contribution is -0.151. The van der Waals surface area contributed by atoms with Crippen LogP contribution in [0.25, 0.3) is 0 Å². The SMILES string of the molecule is O=C(O)[C@H](C1CCCCC1)N1C(=O)CS[C@@H]1S. The van der Waals surface area contributed by atoms with E-state index in [1.54, 1.807) is 0 Å². The average molecular weight is 275 g/mol. The van der Waals surface area contributed by atoms with E-state index in [0.717, 1.165) is 25.7 Å². The van der Waals surface area contributed by atoms with Crippen LogP contribution >= 0.6 is 24.4 Å². The highest BCUT2D eigenvalue weighted by Gasteiger charge is 2.42. The molecule has 1 saturated carbocycles. The van der Waals surface area contributed by atoms with Crippen molar-refractivity contribution in [2.45, 2.75) is 42.9 Å². The fraction of sp³-hybridized carbons (Fsp3) is 0.818. The molecular formula is C11H17NO3S2. The summed E-state index contributed by atoms with van der Waals surface area (Å²) in [6, 6.07) is -0.680. The number of nitrogens with zero attached hydrogens (tertiary/aromatic N) is 1. The molecule has 96 valence electrons. The third-order valence-electron chi connectivity index (χ3n) is 3.53. The first kappa shape index (κ1) is 13.1. The van der Waals surface area contributed by atoms with Gasteiger partial charge in [0.05, 0.1) is 5.75 Å². The molecule has 1 amide bonds. The number of hydrogen-bond acceptors (Lipinski definition) is 4. The first-order valence-electron chi connectivity index (χ1n) is 5.95. The Labute approximate surface area is 111 Å². The van der Waals surface area contributed by atoms with Crippen LogP contribution in [0.5, 0.6) is 0 Å². The molecule has 0 aromatic carbocycles. The first-order valence-corrected chi connectivity index (χ1v) is 7.51. The van der Waals surface area contributed by atoms with Crippen LogP contribution in [0.4, 0.5) is 0 Å². The number of carbonyl (C=O) groups excluding carboxylic acids is 1. The Balaban J connectivity index is 2.15. The van der Waals surface area contributed by atoms with Crippen molar-refractivity contribution in [2.75, 3.05) is 5.75 Å². The molecule has 0 radical (unpaired) electrons. The van der Waals surface area contributed by atoms with Crippen LogP contribution in [0.1, 0.15) is 32.1 Å². The topological polar surface area (TPSA) is 57.6 Å². The zero-order chi connectivity index (χ0) is 12.4. The summed E-state index contributed by atoms with van der Waals surface area (Å²) in [7, 11) is 0. The number of carbonyl (C=O) groups is 2. The van der Waals surface area contributed by atoms with Crippen LogP contribution in [0.2, 0.25) is 0 Å². The van der Waals surface area contributed by atoms with Gasteiger partial charge in [-0.1, -0.05) is 19.3 Å². The third-order valence-corrected chi connectivity index (χ3v) is 5.17. The molecule has 0 bridgehead atoms. The van der Waals surface area contributed by atoms with Gasteiger partial charge in [-0.25, -0.2) is 4.79 Å². The predicted octanol–water partition coefficient (Wildman–Crippen LogP) is 1.81. The van der Waals surface area contributed by atoms with Crippen molar-refractivity contribution in [3.05, 3.63) is 0 Å². The van der Waals surface area contributed by atoms with Crippen molar-refractivity contribution in [1.29, 1.82) is 0 Å². The monoisotopic (exact) mass is 275 g/mol. The summed E-state index contributed by atoms with van der Waals surface area (Å²) in [5.41, 5.74) is 0. The van der Waals surface area contributed by atoms with E-state index in [1.165, 1.54) is 23.1 Å². The van der Waals surface area contributed by atoms with E-state index in [1.807, 2.05) is 0 Å². The highest BCUT2D eigenvalue weighted by atomic mass is 32.2. The maximum atomic E-state index is 11.8. The molecule has 1 heterocycles. The molecule has 1 aliphatic heterocycles. The number of thioether (sulfide) groups is 1. The van der Waals surface area contributed by atoms with Gasteiger partial charge < -0.3 is 10.0 Å². The quantitative estimate of drug-likeness (QED) is 0.771. The first-order chi connectivity index (χ1) is 8.11. The zero-order valence-corrected chi connectivity index (χ0v) is 11.3. The van der Waals surface area contributed by atoms with Crippen molar-refractivity contribution >= 4 is 36.3 Å². The fourth-order valence-electron chi connectivity index (χ4n) is 2.71. The third kappa shape index (κ3) is 2.73. The van der Waals surface area contributed by atoms with Crippen LogP contribution in [0.15, 0.2) is 0 Å². The van der Waals surface area contributed by atoms with Gasteiger partial charge in [0.2, 0.25) is 5.91 Å². The number of carboxylic acids is 1. The van der Waals surface area contributed by atoms with Crippen LogP contribution in [0, 0.1) is 5.92 Å². The number of thiol groups is 1. The van der Waals surface area contributed by atoms with Gasteiger partial charge in [0, 0.05) is 0 Å². The number of amides is 1. The molecular weight excluding hydrogens is 258 g/mol. The molecule has 2 fully saturated rings. The molecule has 0 spiro atoms. The summed E-state index contributed by atoms with van der Waals surface area (Å²) in [6.07, 6.45) is 5.13. The van der Waals surface area contributed by atoms with E-state index in [9.17, 15) is 14.7 Å². The van der Waals surface area contributed by atoms with Gasteiger partial charge in [-0.3, -0.25) is 4.79 Å². The van der Waals surface area contributed by atoms with E-state index in [0.29, 0.717) is 5.75 Å². The van der Waals surface area contributed by atoms with Gasteiger partial charge in [-0.15, -0.1) is 24.4 Å². The highest BCUT2D eigenvalue weighted by molar-refractivity contribution is 8.11. The predicted molar refractivity (Wildman–Crippen MR) is 70.1 cm³/mol. The van der Waals surface area contributed by atoms with Crippen molar-refractivity contribution < 1.29 is 14.7 Å². The number of aliphatic carboxylic acids is 1. The second-order valence-corrected chi connectivity index (χ2v) is 6.53. The van der Waals surface area contributed by atoms with Gasteiger partial charge in [-0.2, -0.15) is 0 Å². The Kier molecular flexibility index (Phi) is 4.25. The largest absolute Gasteiger partial charge is 0.480 e. The number of hydrogen-bond donors (Lipinski definition) is 2. The van der Waals surface area contributed by atoms with Crippen LogP contribution in [-0.4, -0.2) is 38.4 Å². The number of carboxylic acid groups (broad SMARTS) is 1. The molecule has 2 rings (SSSR count). The van der Waals surface area contributed by atoms with E-state index in [2.05, 4.69) is 12.6 Å². The number of rotatable bonds is 3. The van der Waals surface area contributed by atoms with Crippen LogP contribution < -0.4 is 0 Å². The molecule has 1 saturated heterocycles. The molecule has 2 atom stereocenters. The molecule has 1 N–H and O–H groups in total. The summed E-state index contributed by atoms with van der Waals surface area (Å²) in [6.45, 7) is 0. The van der Waals surface area contributed by atoms with Crippen LogP contribution in [0.3, 0.4) is 0 Å². The van der Waals surface area contributed by atoms with E-state index >= 15 is 0 Å². The Morgan fingerprint density at radius 3 is 2.53 bits per heavy atom. The van der Waals surface area contributed by atoms with Gasteiger partial charge in [0.1, 0.15) is 10.7 Å². The van der Waals surface area contributed by atoms with Crippen molar-refractivity contribution in [1.82, 2.24) is 4.90 Å². The molecule has 1 aliphatic carbocycles. The minimum absolute atomic E-state index is 0.0898. The molecule has 0 aromatic heterocycles. The van der Waals surface area contributed by atoms with Crippen molar-refractivity contribution in [3.63, 3.8) is 0 Å². The minimum Gasteiger partial charge on any atom is -0.480 e. The molecule has 0 aromatic rings. The lowest BCUT2D eigenvalue weighted by Crippen LogP contribution is -2.49. The standard InChI is InChI=1S/C11H17NO3S2/c13-8-6-17-11(16)12(8)9(10(14)15)7-4-2-1-3-5-7/h7,9,11,16H,1-6H2,(H,14,15)/t9-,11-/m0/s1. The van der Waals surface area contributed by atoms with E-state index in [-0.39, 0.29) is 16.5 Å². The van der Waals surface area contributed by atoms with Gasteiger partial charge in [-0.05, 0) is 18.8 Å². The summed E-state index contributed by atoms with van der Waals surface area (Å²) in [5, 5.41) is 9.38. The van der Waals surface area contributed by atoms with Crippen molar-refractivity contribution in [3.8, 4) is 0 Å². The maximum Gasteiger partial charge on any atom is 0.326 e. The lowest BCUT2D eigenvalue weighted by atomic mass is 9.83. The van der Waals surface area contributed by atoms with E-state index in [4.69, 9.17) is 0 Å². The Bertz CT molecular complexity index is 318. The summed E-state index contributed by atoms with van der Waals surface area (Å²) < 4.78 is -0.300. The Morgan fingerprint density at radius 1 is 1.41 bits per heavy atom.